The molecule has 0 saturated heterocycles. The normalized spacial score (nSPS) is 19.6. The van der Waals surface area contributed by atoms with Gasteiger partial charge in [-0.3, -0.25) is 0 Å². The van der Waals surface area contributed by atoms with Gasteiger partial charge in [0, 0.05) is 59.7 Å². The van der Waals surface area contributed by atoms with Gasteiger partial charge in [-0.05, 0) is 133 Å². The SMILES string of the molecule is CC1(C)CCC(C)(C)c2cc(N3C4=C([B]c5c(-c6cccc7c6[nH]c6ccc8ccccc8c67)cc6c(sc7ccccc76)c53)C(C)(C)c3cc5c(cc34)C(C)(C)CCC5(C)C)ccc21. The van der Waals surface area contributed by atoms with Gasteiger partial charge >= 0.3 is 0 Å². The van der Waals surface area contributed by atoms with Gasteiger partial charge in [0.25, 0.3) is 0 Å². The number of aromatic amines is 1. The first-order chi connectivity index (χ1) is 30.9. The van der Waals surface area contributed by atoms with E-state index in [0.717, 1.165) is 0 Å². The highest BCUT2D eigenvalue weighted by Gasteiger charge is 2.48. The molecule has 2 nitrogen and oxygen atoms in total. The summed E-state index contributed by atoms with van der Waals surface area (Å²) < 4.78 is 2.68. The first kappa shape index (κ1) is 39.8. The minimum absolute atomic E-state index is 0.0641. The Hall–Kier alpha value is -5.58. The van der Waals surface area contributed by atoms with Crippen molar-refractivity contribution in [1.29, 1.82) is 0 Å². The molecule has 4 heteroatoms. The fourth-order valence-corrected chi connectivity index (χ4v) is 14.2. The van der Waals surface area contributed by atoms with Crippen molar-refractivity contribution in [3.63, 3.8) is 0 Å². The van der Waals surface area contributed by atoms with Crippen LogP contribution in [0.25, 0.3) is 69.6 Å². The molecule has 0 unspecified atom stereocenters. The number of hydrogen-bond acceptors (Lipinski definition) is 2. The highest BCUT2D eigenvalue weighted by molar-refractivity contribution is 7.26. The van der Waals surface area contributed by atoms with Crippen LogP contribution in [0, 0.1) is 0 Å². The Morgan fingerprint density at radius 1 is 0.523 bits per heavy atom. The van der Waals surface area contributed by atoms with E-state index in [4.69, 9.17) is 0 Å². The maximum Gasteiger partial charge on any atom is 0.193 e. The van der Waals surface area contributed by atoms with E-state index in [0.29, 0.717) is 0 Å². The second-order valence-corrected chi connectivity index (χ2v) is 24.4. The van der Waals surface area contributed by atoms with Crippen molar-refractivity contribution in [2.45, 2.75) is 122 Å². The van der Waals surface area contributed by atoms with Crippen LogP contribution in [0.2, 0.25) is 0 Å². The maximum absolute atomic E-state index is 4.00. The molecular formula is C61H58BN2S. The number of nitrogens with one attached hydrogen (secondary N) is 1. The molecule has 0 bridgehead atoms. The highest BCUT2D eigenvalue weighted by Crippen LogP contribution is 2.59. The number of hydrogen-bond donors (Lipinski definition) is 1. The van der Waals surface area contributed by atoms with Crippen LogP contribution in [0.4, 0.5) is 11.4 Å². The Morgan fingerprint density at radius 2 is 1.17 bits per heavy atom. The Kier molecular flexibility index (Phi) is 7.86. The Balaban J connectivity index is 1.17. The average Bonchev–Trinajstić information content (AvgIpc) is 3.93. The molecule has 2 aromatic heterocycles. The zero-order chi connectivity index (χ0) is 44.7. The number of nitrogens with zero attached hydrogens (tertiary/aromatic N) is 1. The van der Waals surface area contributed by atoms with Crippen molar-refractivity contribution in [1.82, 2.24) is 4.98 Å². The van der Waals surface area contributed by atoms with E-state index in [-0.39, 0.29) is 27.1 Å². The molecule has 0 fully saturated rings. The molecule has 4 aliphatic rings. The van der Waals surface area contributed by atoms with Crippen LogP contribution >= 0.6 is 11.3 Å². The van der Waals surface area contributed by atoms with Crippen molar-refractivity contribution >= 4 is 93.9 Å². The van der Waals surface area contributed by atoms with Crippen LogP contribution in [-0.4, -0.2) is 12.3 Å². The van der Waals surface area contributed by atoms with Gasteiger partial charge in [0.2, 0.25) is 0 Å². The van der Waals surface area contributed by atoms with Crippen molar-refractivity contribution in [3.8, 4) is 11.1 Å². The molecule has 321 valence electrons. The number of rotatable bonds is 2. The third-order valence-corrected chi connectivity index (χ3v) is 18.4. The Labute approximate surface area is 389 Å². The molecule has 65 heavy (non-hydrogen) atoms. The van der Waals surface area contributed by atoms with Crippen LogP contribution in [0.1, 0.15) is 128 Å². The summed E-state index contributed by atoms with van der Waals surface area (Å²) in [5.41, 5.74) is 20.6. The van der Waals surface area contributed by atoms with Gasteiger partial charge in [0.15, 0.2) is 7.28 Å². The second-order valence-electron chi connectivity index (χ2n) is 23.3. The van der Waals surface area contributed by atoms with Crippen molar-refractivity contribution < 1.29 is 0 Å². The summed E-state index contributed by atoms with van der Waals surface area (Å²) in [7, 11) is 2.64. The smallest absolute Gasteiger partial charge is 0.193 e. The topological polar surface area (TPSA) is 19.0 Å². The van der Waals surface area contributed by atoms with E-state index in [1.165, 1.54) is 151 Å². The van der Waals surface area contributed by atoms with E-state index in [1.54, 1.807) is 0 Å². The molecule has 13 rings (SSSR count). The zero-order valence-electron chi connectivity index (χ0n) is 39.7. The van der Waals surface area contributed by atoms with Crippen LogP contribution in [-0.2, 0) is 27.1 Å². The molecule has 1 radical (unpaired) electrons. The van der Waals surface area contributed by atoms with Crippen molar-refractivity contribution in [2.24, 2.45) is 0 Å². The third-order valence-electron chi connectivity index (χ3n) is 17.2. The van der Waals surface area contributed by atoms with E-state index < -0.39 is 0 Å². The first-order valence-electron chi connectivity index (χ1n) is 24.1. The fraction of sp³-hybridized carbons (Fsp3) is 0.311. The molecule has 0 saturated carbocycles. The molecule has 0 atom stereocenters. The highest BCUT2D eigenvalue weighted by atomic mass is 32.1. The first-order valence-corrected chi connectivity index (χ1v) is 24.9. The summed E-state index contributed by atoms with van der Waals surface area (Å²) in [4.78, 5) is 6.77. The number of anilines is 2. The standard InChI is InChI=1S/C61H58BN2S/c1-57(2)26-27-58(3,4)45-30-35(23-24-43(45)57)64-53-42-32-46-47(60(7,8)29-28-59(46,5)6)33-44(42)61(9,10)56(53)62-51-40(31-41-37-18-13-14-21-49(37)65-55(41)54(51)64)38-19-15-20-39-50-36-17-12-11-16-34(36)22-25-48(50)63-52(38)39/h11-25,30-33,63H,26-29H2,1-10H3. The van der Waals surface area contributed by atoms with E-state index >= 15 is 0 Å². The molecule has 1 N–H and O–H groups in total. The monoisotopic (exact) mass is 861 g/mol. The molecule has 3 heterocycles. The lowest BCUT2D eigenvalue weighted by atomic mass is 9.52. The lowest BCUT2D eigenvalue weighted by Gasteiger charge is -2.43. The summed E-state index contributed by atoms with van der Waals surface area (Å²) in [5.74, 6) is 0. The van der Waals surface area contributed by atoms with Crippen LogP contribution in [0.5, 0.6) is 0 Å². The number of fused-ring (bicyclic) bond motifs is 14. The van der Waals surface area contributed by atoms with Gasteiger partial charge in [-0.2, -0.15) is 0 Å². The number of para-hydroxylation sites is 1. The number of allylic oxidation sites excluding steroid dienone is 1. The van der Waals surface area contributed by atoms with Gasteiger partial charge in [-0.1, -0.05) is 154 Å². The predicted octanol–water partition coefficient (Wildman–Crippen LogP) is 16.3. The van der Waals surface area contributed by atoms with Crippen LogP contribution in [0.15, 0.2) is 121 Å². The molecule has 1 aliphatic heterocycles. The number of H-pyrrole nitrogens is 1. The summed E-state index contributed by atoms with van der Waals surface area (Å²) in [6.07, 6.45) is 4.77. The molecule has 7 aromatic carbocycles. The number of thiophene rings is 1. The minimum atomic E-state index is -0.235. The summed E-state index contributed by atoms with van der Waals surface area (Å²) >= 11 is 1.96. The fourth-order valence-electron chi connectivity index (χ4n) is 13.0. The Bertz CT molecular complexity index is 3620. The van der Waals surface area contributed by atoms with Gasteiger partial charge < -0.3 is 9.88 Å². The van der Waals surface area contributed by atoms with Crippen molar-refractivity contribution in [3.05, 3.63) is 154 Å². The van der Waals surface area contributed by atoms with Crippen LogP contribution < -0.4 is 10.4 Å². The number of benzene rings is 7. The quantitative estimate of drug-likeness (QED) is 0.172. The molecule has 9 aromatic rings. The zero-order valence-corrected chi connectivity index (χ0v) is 40.5. The third kappa shape index (κ3) is 5.35. The molecule has 0 spiro atoms. The van der Waals surface area contributed by atoms with E-state index in [2.05, 4.69) is 202 Å². The van der Waals surface area contributed by atoms with E-state index in [9.17, 15) is 0 Å². The summed E-state index contributed by atoms with van der Waals surface area (Å²) in [6, 6.07) is 44.9. The number of aromatic nitrogens is 1. The average molecular weight is 862 g/mol. The van der Waals surface area contributed by atoms with Crippen LogP contribution in [0.3, 0.4) is 0 Å². The maximum atomic E-state index is 4.00. The molecular weight excluding hydrogens is 804 g/mol. The summed E-state index contributed by atoms with van der Waals surface area (Å²) in [5, 5.41) is 7.78. The predicted molar refractivity (Wildman–Crippen MR) is 283 cm³/mol. The molecule has 3 aliphatic carbocycles. The van der Waals surface area contributed by atoms with Gasteiger partial charge in [-0.25, -0.2) is 0 Å². The second kappa shape index (κ2) is 12.9. The largest absolute Gasteiger partial charge is 0.354 e. The molecule has 0 amide bonds. The lowest BCUT2D eigenvalue weighted by molar-refractivity contribution is 0.331. The van der Waals surface area contributed by atoms with Gasteiger partial charge in [-0.15, -0.1) is 11.3 Å². The van der Waals surface area contributed by atoms with Crippen molar-refractivity contribution in [2.75, 3.05) is 4.90 Å². The van der Waals surface area contributed by atoms with Gasteiger partial charge in [0.1, 0.15) is 0 Å². The minimum Gasteiger partial charge on any atom is -0.354 e. The summed E-state index contributed by atoms with van der Waals surface area (Å²) in [6.45, 7) is 24.8. The van der Waals surface area contributed by atoms with Gasteiger partial charge in [0.05, 0.1) is 15.9 Å². The Morgan fingerprint density at radius 3 is 1.92 bits per heavy atom. The lowest BCUT2D eigenvalue weighted by Crippen LogP contribution is -2.38. The van der Waals surface area contributed by atoms with E-state index in [1.807, 2.05) is 11.3 Å².